The lowest BCUT2D eigenvalue weighted by Gasteiger charge is -2.30. The third-order valence-electron chi connectivity index (χ3n) is 6.08. The highest BCUT2D eigenvalue weighted by Crippen LogP contribution is 2.44. The maximum Gasteiger partial charge on any atom is 0.408 e. The average Bonchev–Trinajstić information content (AvgIpc) is 3.10. The van der Waals surface area contributed by atoms with E-state index in [9.17, 15) is 19.5 Å². The highest BCUT2D eigenvalue weighted by atomic mass is 16.5. The monoisotopic (exact) mass is 453 g/mol. The van der Waals surface area contributed by atoms with E-state index in [0.717, 1.165) is 22.3 Å². The number of rotatable bonds is 9. The zero-order valence-corrected chi connectivity index (χ0v) is 19.4. The zero-order valence-electron chi connectivity index (χ0n) is 19.4. The van der Waals surface area contributed by atoms with E-state index in [1.807, 2.05) is 36.4 Å². The zero-order chi connectivity index (χ0) is 24.2. The van der Waals surface area contributed by atoms with Gasteiger partial charge >= 0.3 is 12.1 Å². The summed E-state index contributed by atoms with van der Waals surface area (Å²) in [5.41, 5.74) is 3.12. The third-order valence-corrected chi connectivity index (χ3v) is 6.08. The molecule has 0 bridgehead atoms. The molecule has 0 heterocycles. The van der Waals surface area contributed by atoms with Gasteiger partial charge < -0.3 is 25.4 Å². The number of ether oxygens (including phenoxy) is 1. The van der Waals surface area contributed by atoms with Gasteiger partial charge in [-0.15, -0.1) is 0 Å². The first kappa shape index (κ1) is 24.3. The lowest BCUT2D eigenvalue weighted by molar-refractivity contribution is -0.143. The highest BCUT2D eigenvalue weighted by molar-refractivity contribution is 5.92. The molecule has 0 saturated heterocycles. The van der Waals surface area contributed by atoms with Crippen molar-refractivity contribution in [2.24, 2.45) is 0 Å². The van der Waals surface area contributed by atoms with Gasteiger partial charge in [0.1, 0.15) is 18.2 Å². The van der Waals surface area contributed by atoms with Gasteiger partial charge in [0.25, 0.3) is 0 Å². The summed E-state index contributed by atoms with van der Waals surface area (Å²) in [5, 5.41) is 14.6. The Hall–Kier alpha value is -3.39. The second-order valence-corrected chi connectivity index (χ2v) is 8.76. The van der Waals surface area contributed by atoms with E-state index in [2.05, 4.69) is 22.8 Å². The SMILES string of the molecule is CCC(C)(NC(=O)OCC1c2ccccc2-c2ccccc21)C(=O)NC(CN(C)C)C(=O)O. The molecule has 2 unspecified atom stereocenters. The molecule has 33 heavy (non-hydrogen) atoms. The quantitative estimate of drug-likeness (QED) is 0.539. The van der Waals surface area contributed by atoms with E-state index < -0.39 is 29.6 Å². The number of alkyl carbamates (subject to hydrolysis) is 1. The maximum atomic E-state index is 12.9. The van der Waals surface area contributed by atoms with Crippen LogP contribution in [0.15, 0.2) is 48.5 Å². The predicted octanol–water partition coefficient (Wildman–Crippen LogP) is 2.82. The van der Waals surface area contributed by atoms with Crippen molar-refractivity contribution in [1.82, 2.24) is 15.5 Å². The van der Waals surface area contributed by atoms with Crippen LogP contribution in [0.4, 0.5) is 4.79 Å². The Bertz CT molecular complexity index is 993. The summed E-state index contributed by atoms with van der Waals surface area (Å²) in [5.74, 6) is -1.81. The molecule has 2 aromatic rings. The van der Waals surface area contributed by atoms with Crippen LogP contribution in [-0.4, -0.2) is 66.8 Å². The lowest BCUT2D eigenvalue weighted by atomic mass is 9.97. The second kappa shape index (κ2) is 10.0. The Morgan fingerprint density at radius 2 is 1.61 bits per heavy atom. The fraction of sp³-hybridized carbons (Fsp3) is 0.400. The van der Waals surface area contributed by atoms with Crippen LogP contribution in [0.3, 0.4) is 0 Å². The number of benzene rings is 2. The van der Waals surface area contributed by atoms with Crippen LogP contribution >= 0.6 is 0 Å². The molecule has 2 amide bonds. The van der Waals surface area contributed by atoms with Gasteiger partial charge in [-0.25, -0.2) is 9.59 Å². The van der Waals surface area contributed by atoms with Crippen LogP contribution in [-0.2, 0) is 14.3 Å². The summed E-state index contributed by atoms with van der Waals surface area (Å²) in [7, 11) is 3.44. The van der Waals surface area contributed by atoms with Gasteiger partial charge in [0.05, 0.1) is 0 Å². The van der Waals surface area contributed by atoms with Crippen molar-refractivity contribution in [2.75, 3.05) is 27.2 Å². The Labute approximate surface area is 193 Å². The molecule has 1 aliphatic rings. The number of likely N-dealkylation sites (N-methyl/N-ethyl adjacent to an activating group) is 1. The molecule has 0 aromatic heterocycles. The van der Waals surface area contributed by atoms with Crippen LogP contribution < -0.4 is 10.6 Å². The van der Waals surface area contributed by atoms with Crippen molar-refractivity contribution < 1.29 is 24.2 Å². The standard InChI is InChI=1S/C25H31N3O5/c1-5-25(2,23(31)26-21(22(29)30)14-28(3)4)27-24(32)33-15-20-18-12-8-6-10-16(18)17-11-7-9-13-19(17)20/h6-13,20-21H,5,14-15H2,1-4H3,(H,26,31)(H,27,32)(H,29,30). The summed E-state index contributed by atoms with van der Waals surface area (Å²) >= 11 is 0. The van der Waals surface area contributed by atoms with Gasteiger partial charge in [-0.1, -0.05) is 55.5 Å². The molecule has 2 aromatic carbocycles. The molecular formula is C25H31N3O5. The number of hydrogen-bond acceptors (Lipinski definition) is 5. The molecule has 8 heteroatoms. The first-order valence-electron chi connectivity index (χ1n) is 11.0. The van der Waals surface area contributed by atoms with E-state index in [4.69, 9.17) is 4.74 Å². The van der Waals surface area contributed by atoms with Crippen molar-refractivity contribution in [2.45, 2.75) is 37.8 Å². The summed E-state index contributed by atoms with van der Waals surface area (Å²) in [6.45, 7) is 3.55. The number of nitrogens with zero attached hydrogens (tertiary/aromatic N) is 1. The fourth-order valence-electron chi connectivity index (χ4n) is 4.03. The van der Waals surface area contributed by atoms with Gasteiger partial charge in [-0.05, 0) is 49.7 Å². The van der Waals surface area contributed by atoms with Gasteiger partial charge in [0, 0.05) is 12.5 Å². The fourth-order valence-corrected chi connectivity index (χ4v) is 4.03. The van der Waals surface area contributed by atoms with Gasteiger partial charge in [0.2, 0.25) is 5.91 Å². The van der Waals surface area contributed by atoms with E-state index in [1.165, 1.54) is 0 Å². The minimum Gasteiger partial charge on any atom is -0.480 e. The molecule has 3 N–H and O–H groups in total. The van der Waals surface area contributed by atoms with Gasteiger partial charge in [-0.3, -0.25) is 4.79 Å². The molecule has 0 radical (unpaired) electrons. The number of amides is 2. The Kier molecular flexibility index (Phi) is 7.38. The summed E-state index contributed by atoms with van der Waals surface area (Å²) in [6.07, 6.45) is -0.465. The molecule has 0 fully saturated rings. The number of carboxylic acids is 1. The third kappa shape index (κ3) is 5.34. The van der Waals surface area contributed by atoms with E-state index in [0.29, 0.717) is 0 Å². The predicted molar refractivity (Wildman–Crippen MR) is 125 cm³/mol. The molecule has 8 nitrogen and oxygen atoms in total. The van der Waals surface area contributed by atoms with E-state index in [1.54, 1.807) is 32.8 Å². The molecule has 0 saturated carbocycles. The van der Waals surface area contributed by atoms with E-state index >= 15 is 0 Å². The lowest BCUT2D eigenvalue weighted by Crippen LogP contribution is -2.60. The largest absolute Gasteiger partial charge is 0.480 e. The molecule has 0 spiro atoms. The number of carbonyl (C=O) groups is 3. The molecule has 0 aliphatic heterocycles. The first-order chi connectivity index (χ1) is 15.7. The van der Waals surface area contributed by atoms with Gasteiger partial charge in [0.15, 0.2) is 0 Å². The number of hydrogen-bond donors (Lipinski definition) is 3. The minimum atomic E-state index is -1.32. The topological polar surface area (TPSA) is 108 Å². The number of aliphatic carboxylic acids is 1. The van der Waals surface area contributed by atoms with Gasteiger partial charge in [-0.2, -0.15) is 0 Å². The van der Waals surface area contributed by atoms with Crippen molar-refractivity contribution in [3.8, 4) is 11.1 Å². The maximum absolute atomic E-state index is 12.9. The van der Waals surface area contributed by atoms with Crippen LogP contribution in [0, 0.1) is 0 Å². The normalized spacial score (nSPS) is 15.2. The average molecular weight is 454 g/mol. The number of fused-ring (bicyclic) bond motifs is 3. The number of nitrogens with one attached hydrogen (secondary N) is 2. The molecule has 1 aliphatic carbocycles. The van der Waals surface area contributed by atoms with Crippen LogP contribution in [0.5, 0.6) is 0 Å². The molecular weight excluding hydrogens is 422 g/mol. The Balaban J connectivity index is 1.67. The van der Waals surface area contributed by atoms with Crippen LogP contribution in [0.2, 0.25) is 0 Å². The summed E-state index contributed by atoms with van der Waals surface area (Å²) < 4.78 is 5.55. The van der Waals surface area contributed by atoms with E-state index in [-0.39, 0.29) is 25.5 Å². The number of carbonyl (C=O) groups excluding carboxylic acids is 2. The highest BCUT2D eigenvalue weighted by Gasteiger charge is 2.37. The Morgan fingerprint density at radius 3 is 2.09 bits per heavy atom. The molecule has 176 valence electrons. The van der Waals surface area contributed by atoms with Crippen LogP contribution in [0.25, 0.3) is 11.1 Å². The van der Waals surface area contributed by atoms with Crippen molar-refractivity contribution in [3.63, 3.8) is 0 Å². The summed E-state index contributed by atoms with van der Waals surface area (Å²) in [6, 6.07) is 15.0. The molecule has 3 rings (SSSR count). The minimum absolute atomic E-state index is 0.0960. The van der Waals surface area contributed by atoms with Crippen LogP contribution in [0.1, 0.15) is 37.3 Å². The summed E-state index contributed by atoms with van der Waals surface area (Å²) in [4.78, 5) is 38.7. The number of carboxylic acid groups (broad SMARTS) is 1. The van der Waals surface area contributed by atoms with Crippen molar-refractivity contribution in [3.05, 3.63) is 59.7 Å². The molecule has 2 atom stereocenters. The second-order valence-electron chi connectivity index (χ2n) is 8.76. The Morgan fingerprint density at radius 1 is 1.06 bits per heavy atom. The van der Waals surface area contributed by atoms with Crippen molar-refractivity contribution in [1.29, 1.82) is 0 Å². The first-order valence-corrected chi connectivity index (χ1v) is 11.0. The smallest absolute Gasteiger partial charge is 0.408 e. The van der Waals surface area contributed by atoms with Crippen molar-refractivity contribution >= 4 is 18.0 Å².